The monoisotopic (exact) mass is 325 g/mol. The number of hydrogen-bond donors (Lipinski definition) is 0. The van der Waals surface area contributed by atoms with Gasteiger partial charge in [0.15, 0.2) is 5.82 Å². The molecule has 0 spiro atoms. The minimum Gasteiger partial charge on any atom is -0.324 e. The zero-order chi connectivity index (χ0) is 17.4. The summed E-state index contributed by atoms with van der Waals surface area (Å²) in [5, 5.41) is 4.79. The predicted octanol–water partition coefficient (Wildman–Crippen LogP) is 3.95. The molecule has 1 aliphatic heterocycles. The fourth-order valence-corrected chi connectivity index (χ4v) is 3.93. The van der Waals surface area contributed by atoms with Gasteiger partial charge in [0.25, 0.3) is 0 Å². The van der Waals surface area contributed by atoms with E-state index in [1.165, 1.54) is 27.9 Å². The van der Waals surface area contributed by atoms with Gasteiger partial charge < -0.3 is 4.90 Å². The lowest BCUT2D eigenvalue weighted by Gasteiger charge is -2.31. The Balaban J connectivity index is 2.08. The first-order valence-electron chi connectivity index (χ1n) is 8.84. The van der Waals surface area contributed by atoms with Gasteiger partial charge >= 0.3 is 0 Å². The van der Waals surface area contributed by atoms with E-state index < -0.39 is 0 Å². The maximum Gasteiger partial charge on any atom is 0.158 e. The van der Waals surface area contributed by atoms with Crippen LogP contribution < -0.4 is 4.90 Å². The van der Waals surface area contributed by atoms with Crippen LogP contribution in [-0.2, 0) is 24.7 Å². The zero-order valence-electron chi connectivity index (χ0n) is 15.4. The lowest BCUT2D eigenvalue weighted by atomic mass is 9.98. The number of carbonyl (C=O) groups is 1. The predicted molar refractivity (Wildman–Crippen MR) is 98.2 cm³/mol. The van der Waals surface area contributed by atoms with Crippen LogP contribution in [0.4, 0.5) is 11.5 Å². The molecule has 2 aromatic rings. The number of aromatic nitrogens is 2. The summed E-state index contributed by atoms with van der Waals surface area (Å²) in [5.74, 6) is 1.32. The van der Waals surface area contributed by atoms with Crippen LogP contribution in [0.1, 0.15) is 47.7 Å². The van der Waals surface area contributed by atoms with Crippen LogP contribution in [0.3, 0.4) is 0 Å². The van der Waals surface area contributed by atoms with Gasteiger partial charge in [-0.3, -0.25) is 9.48 Å². The third-order valence-electron chi connectivity index (χ3n) is 4.98. The van der Waals surface area contributed by atoms with E-state index in [0.717, 1.165) is 30.9 Å². The first kappa shape index (κ1) is 16.7. The van der Waals surface area contributed by atoms with Gasteiger partial charge in [0.1, 0.15) is 5.78 Å². The molecule has 1 aromatic heterocycles. The Morgan fingerprint density at radius 2 is 1.88 bits per heavy atom. The molecule has 0 amide bonds. The van der Waals surface area contributed by atoms with Gasteiger partial charge in [-0.05, 0) is 44.7 Å². The number of fused-ring (bicyclic) bond motifs is 1. The Morgan fingerprint density at radius 3 is 2.50 bits per heavy atom. The van der Waals surface area contributed by atoms with Crippen molar-refractivity contribution in [2.24, 2.45) is 7.05 Å². The molecule has 0 bridgehead atoms. The lowest BCUT2D eigenvalue weighted by molar-refractivity contribution is -0.118. The minimum absolute atomic E-state index is 0.278. The molecule has 0 saturated carbocycles. The smallest absolute Gasteiger partial charge is 0.158 e. The van der Waals surface area contributed by atoms with Crippen molar-refractivity contribution in [2.75, 3.05) is 11.4 Å². The van der Waals surface area contributed by atoms with E-state index in [0.29, 0.717) is 12.8 Å². The van der Waals surface area contributed by atoms with E-state index in [9.17, 15) is 4.79 Å². The minimum atomic E-state index is 0.278. The Kier molecular flexibility index (Phi) is 4.48. The highest BCUT2D eigenvalue weighted by Crippen LogP contribution is 2.38. The second kappa shape index (κ2) is 6.42. The topological polar surface area (TPSA) is 38.1 Å². The number of benzene rings is 1. The lowest BCUT2D eigenvalue weighted by Crippen LogP contribution is -2.26. The first-order valence-corrected chi connectivity index (χ1v) is 8.84. The first-order chi connectivity index (χ1) is 11.4. The number of aryl methyl sites for hydroxylation is 4. The number of Topliss-reactive ketones (excluding diaryl/α,β-unsaturated/α-hetero) is 1. The highest BCUT2D eigenvalue weighted by Gasteiger charge is 2.28. The van der Waals surface area contributed by atoms with E-state index in [4.69, 9.17) is 5.10 Å². The van der Waals surface area contributed by atoms with Crippen molar-refractivity contribution in [3.63, 3.8) is 0 Å². The zero-order valence-corrected chi connectivity index (χ0v) is 15.4. The van der Waals surface area contributed by atoms with Crippen LogP contribution in [0.2, 0.25) is 0 Å². The van der Waals surface area contributed by atoms with Gasteiger partial charge in [0.05, 0.1) is 5.69 Å². The summed E-state index contributed by atoms with van der Waals surface area (Å²) in [4.78, 5) is 14.3. The second-order valence-electron chi connectivity index (χ2n) is 6.94. The SMILES string of the molecule is CCC(=O)Cc1c2c(nn1C)N(c1c(C)cc(C)cc1C)CCC2. The molecule has 2 heterocycles. The molecule has 0 aliphatic carbocycles. The van der Waals surface area contributed by atoms with Crippen molar-refractivity contribution >= 4 is 17.3 Å². The molecule has 0 fully saturated rings. The van der Waals surface area contributed by atoms with Crippen molar-refractivity contribution in [2.45, 2.75) is 53.4 Å². The molecule has 0 unspecified atom stereocenters. The Morgan fingerprint density at radius 1 is 1.21 bits per heavy atom. The molecule has 1 aromatic carbocycles. The van der Waals surface area contributed by atoms with Crippen molar-refractivity contribution in [1.29, 1.82) is 0 Å². The highest BCUT2D eigenvalue weighted by atomic mass is 16.1. The fourth-order valence-electron chi connectivity index (χ4n) is 3.93. The quantitative estimate of drug-likeness (QED) is 0.854. The second-order valence-corrected chi connectivity index (χ2v) is 6.94. The van der Waals surface area contributed by atoms with Crippen molar-refractivity contribution < 1.29 is 4.79 Å². The Hall–Kier alpha value is -2.10. The van der Waals surface area contributed by atoms with E-state index in [-0.39, 0.29) is 5.78 Å². The van der Waals surface area contributed by atoms with Crippen LogP contribution in [0.25, 0.3) is 0 Å². The summed E-state index contributed by atoms with van der Waals surface area (Å²) in [6.07, 6.45) is 3.18. The van der Waals surface area contributed by atoms with Crippen molar-refractivity contribution in [3.8, 4) is 0 Å². The molecule has 0 atom stereocenters. The third kappa shape index (κ3) is 2.85. The van der Waals surface area contributed by atoms with Gasteiger partial charge in [-0.25, -0.2) is 0 Å². The van der Waals surface area contributed by atoms with Crippen LogP contribution in [0.15, 0.2) is 12.1 Å². The summed E-state index contributed by atoms with van der Waals surface area (Å²) < 4.78 is 1.91. The molecule has 4 heteroatoms. The summed E-state index contributed by atoms with van der Waals surface area (Å²) in [5.41, 5.74) is 7.48. The summed E-state index contributed by atoms with van der Waals surface area (Å²) in [7, 11) is 1.96. The normalized spacial score (nSPS) is 14.0. The number of ketones is 1. The van der Waals surface area contributed by atoms with Gasteiger partial charge in [0.2, 0.25) is 0 Å². The maximum absolute atomic E-state index is 12.0. The molecular weight excluding hydrogens is 298 g/mol. The molecule has 0 N–H and O–H groups in total. The molecule has 1 aliphatic rings. The fraction of sp³-hybridized carbons (Fsp3) is 0.500. The van der Waals surface area contributed by atoms with Gasteiger partial charge in [-0.1, -0.05) is 24.6 Å². The number of carbonyl (C=O) groups excluding carboxylic acids is 1. The molecular formula is C20H27N3O. The van der Waals surface area contributed by atoms with E-state index >= 15 is 0 Å². The largest absolute Gasteiger partial charge is 0.324 e. The van der Waals surface area contributed by atoms with E-state index in [1.807, 2.05) is 18.7 Å². The van der Waals surface area contributed by atoms with Crippen LogP contribution in [-0.4, -0.2) is 22.1 Å². The van der Waals surface area contributed by atoms with E-state index in [2.05, 4.69) is 37.8 Å². The Labute approximate surface area is 144 Å². The molecule has 0 radical (unpaired) electrons. The molecule has 4 nitrogen and oxygen atoms in total. The Bertz CT molecular complexity index is 765. The van der Waals surface area contributed by atoms with Gasteiger partial charge in [0, 0.05) is 37.7 Å². The van der Waals surface area contributed by atoms with E-state index in [1.54, 1.807) is 0 Å². The molecule has 24 heavy (non-hydrogen) atoms. The van der Waals surface area contributed by atoms with Crippen LogP contribution in [0.5, 0.6) is 0 Å². The summed E-state index contributed by atoms with van der Waals surface area (Å²) in [6, 6.07) is 4.47. The number of anilines is 2. The number of rotatable bonds is 4. The van der Waals surface area contributed by atoms with Gasteiger partial charge in [-0.2, -0.15) is 5.10 Å². The average Bonchev–Trinajstić information content (AvgIpc) is 2.83. The average molecular weight is 325 g/mol. The maximum atomic E-state index is 12.0. The molecule has 3 rings (SSSR count). The highest BCUT2D eigenvalue weighted by molar-refractivity contribution is 5.81. The van der Waals surface area contributed by atoms with Gasteiger partial charge in [-0.15, -0.1) is 0 Å². The number of nitrogens with zero attached hydrogens (tertiary/aromatic N) is 3. The summed E-state index contributed by atoms with van der Waals surface area (Å²) >= 11 is 0. The standard InChI is InChI=1S/C20H27N3O/c1-6-16(24)12-18-17-8-7-9-23(20(17)21-22(18)5)19-14(3)10-13(2)11-15(19)4/h10-11H,6-9,12H2,1-5H3. The molecule has 128 valence electrons. The summed E-state index contributed by atoms with van der Waals surface area (Å²) in [6.45, 7) is 9.40. The van der Waals surface area contributed by atoms with Crippen LogP contribution in [0, 0.1) is 20.8 Å². The number of hydrogen-bond acceptors (Lipinski definition) is 3. The van der Waals surface area contributed by atoms with Crippen LogP contribution >= 0.6 is 0 Å². The van der Waals surface area contributed by atoms with Crippen molar-refractivity contribution in [3.05, 3.63) is 40.1 Å². The molecule has 0 saturated heterocycles. The van der Waals surface area contributed by atoms with Crippen molar-refractivity contribution in [1.82, 2.24) is 9.78 Å². The third-order valence-corrected chi connectivity index (χ3v) is 4.98.